The van der Waals surface area contributed by atoms with Crippen molar-refractivity contribution in [2.75, 3.05) is 22.6 Å². The number of hydrogen-bond donors (Lipinski definition) is 2. The topological polar surface area (TPSA) is 104 Å². The number of hydrogen-bond acceptors (Lipinski definition) is 8. The fraction of sp³-hybridized carbons (Fsp3) is 0.583. The van der Waals surface area contributed by atoms with E-state index in [0.29, 0.717) is 22.5 Å². The second kappa shape index (κ2) is 8.84. The van der Waals surface area contributed by atoms with Crippen LogP contribution in [0.4, 0.5) is 11.8 Å². The van der Waals surface area contributed by atoms with Crippen LogP contribution in [0.1, 0.15) is 62.9 Å². The van der Waals surface area contributed by atoms with Crippen molar-refractivity contribution in [2.45, 2.75) is 80.3 Å². The molecular formula is C24H29ClN6O2S. The lowest BCUT2D eigenvalue weighted by Crippen LogP contribution is -2.49. The number of fused-ring (bicyclic) bond motifs is 3. The first-order valence-electron chi connectivity index (χ1n) is 12.2. The highest BCUT2D eigenvalue weighted by Gasteiger charge is 2.41. The van der Waals surface area contributed by atoms with Gasteiger partial charge in [0.1, 0.15) is 10.7 Å². The van der Waals surface area contributed by atoms with Gasteiger partial charge in [-0.1, -0.05) is 17.7 Å². The molecule has 2 N–H and O–H groups in total. The molecule has 0 aromatic carbocycles. The summed E-state index contributed by atoms with van der Waals surface area (Å²) in [4.78, 5) is 21.9. The van der Waals surface area contributed by atoms with Crippen LogP contribution in [0.15, 0.2) is 23.4 Å². The first-order valence-corrected chi connectivity index (χ1v) is 13.9. The van der Waals surface area contributed by atoms with E-state index in [1.807, 2.05) is 0 Å². The summed E-state index contributed by atoms with van der Waals surface area (Å²) in [6.45, 7) is 0.0515. The Morgan fingerprint density at radius 3 is 2.71 bits per heavy atom. The molecule has 1 saturated carbocycles. The van der Waals surface area contributed by atoms with Gasteiger partial charge >= 0.3 is 0 Å². The molecular weight excluding hydrogens is 472 g/mol. The van der Waals surface area contributed by atoms with Crippen LogP contribution in [0, 0.1) is 0 Å². The lowest BCUT2D eigenvalue weighted by atomic mass is 9.77. The van der Waals surface area contributed by atoms with Gasteiger partial charge < -0.3 is 15.3 Å². The highest BCUT2D eigenvalue weighted by atomic mass is 35.5. The third-order valence-electron chi connectivity index (χ3n) is 7.68. The van der Waals surface area contributed by atoms with Gasteiger partial charge in [-0.05, 0) is 63.4 Å². The van der Waals surface area contributed by atoms with Crippen LogP contribution in [0.3, 0.4) is 0 Å². The van der Waals surface area contributed by atoms with Crippen molar-refractivity contribution in [3.8, 4) is 0 Å². The summed E-state index contributed by atoms with van der Waals surface area (Å²) < 4.78 is 13.1. The monoisotopic (exact) mass is 500 g/mol. The zero-order valence-electron chi connectivity index (χ0n) is 19.0. The number of aliphatic hydroxyl groups excluding tert-OH is 1. The van der Waals surface area contributed by atoms with E-state index in [1.54, 1.807) is 12.4 Å². The van der Waals surface area contributed by atoms with Gasteiger partial charge in [0.15, 0.2) is 5.82 Å². The highest BCUT2D eigenvalue weighted by molar-refractivity contribution is 7.85. The molecule has 3 atom stereocenters. The van der Waals surface area contributed by atoms with Gasteiger partial charge in [0, 0.05) is 24.2 Å². The van der Waals surface area contributed by atoms with Crippen LogP contribution in [-0.2, 0) is 17.2 Å². The van der Waals surface area contributed by atoms with E-state index in [0.717, 1.165) is 79.8 Å². The third-order valence-corrected chi connectivity index (χ3v) is 9.41. The van der Waals surface area contributed by atoms with Crippen molar-refractivity contribution in [2.24, 2.45) is 0 Å². The molecule has 2 bridgehead atoms. The Morgan fingerprint density at radius 2 is 2.00 bits per heavy atom. The normalized spacial score (nSPS) is 27.4. The first kappa shape index (κ1) is 22.4. The Bertz CT molecular complexity index is 1150. The van der Waals surface area contributed by atoms with Crippen LogP contribution in [0.5, 0.6) is 0 Å². The average Bonchev–Trinajstić information content (AvgIpc) is 2.96. The summed E-state index contributed by atoms with van der Waals surface area (Å²) in [5.74, 6) is 2.73. The number of halogens is 1. The van der Waals surface area contributed by atoms with Gasteiger partial charge in [-0.25, -0.2) is 15.0 Å². The molecule has 10 heteroatoms. The van der Waals surface area contributed by atoms with Gasteiger partial charge in [-0.2, -0.15) is 4.98 Å². The zero-order valence-corrected chi connectivity index (χ0v) is 20.6. The zero-order chi connectivity index (χ0) is 23.3. The Hall–Kier alpha value is -2.10. The molecule has 1 saturated heterocycles. The Kier molecular flexibility index (Phi) is 5.82. The van der Waals surface area contributed by atoms with Gasteiger partial charge in [-0.15, -0.1) is 0 Å². The van der Waals surface area contributed by atoms with Crippen LogP contribution < -0.4 is 10.2 Å². The molecule has 5 heterocycles. The van der Waals surface area contributed by atoms with Crippen LogP contribution in [-0.4, -0.2) is 59.2 Å². The minimum Gasteiger partial charge on any atom is -0.394 e. The minimum absolute atomic E-state index is 0.0515. The van der Waals surface area contributed by atoms with Crippen molar-refractivity contribution in [3.63, 3.8) is 0 Å². The fourth-order valence-electron chi connectivity index (χ4n) is 5.68. The maximum absolute atomic E-state index is 13.1. The van der Waals surface area contributed by atoms with Crippen molar-refractivity contribution in [1.29, 1.82) is 0 Å². The average molecular weight is 501 g/mol. The summed E-state index contributed by atoms with van der Waals surface area (Å²) in [5.41, 5.74) is 1.67. The number of nitrogens with zero attached hydrogens (tertiary/aromatic N) is 5. The number of aromatic nitrogens is 4. The van der Waals surface area contributed by atoms with Gasteiger partial charge in [0.25, 0.3) is 0 Å². The van der Waals surface area contributed by atoms with E-state index in [9.17, 15) is 9.32 Å². The number of aliphatic hydroxyl groups is 1. The minimum atomic E-state index is -1.13. The molecule has 2 unspecified atom stereocenters. The molecule has 4 aliphatic rings. The van der Waals surface area contributed by atoms with Crippen molar-refractivity contribution in [1.82, 2.24) is 19.9 Å². The molecule has 34 heavy (non-hydrogen) atoms. The summed E-state index contributed by atoms with van der Waals surface area (Å²) in [6, 6.07) is 0.438. The maximum Gasteiger partial charge on any atom is 0.228 e. The maximum atomic E-state index is 13.1. The number of rotatable bonds is 5. The van der Waals surface area contributed by atoms with Crippen LogP contribution >= 0.6 is 11.6 Å². The van der Waals surface area contributed by atoms with E-state index < -0.39 is 10.8 Å². The molecule has 6 rings (SSSR count). The Balaban J connectivity index is 1.38. The lowest BCUT2D eigenvalue weighted by molar-refractivity contribution is 0.143. The number of anilines is 2. The largest absolute Gasteiger partial charge is 0.394 e. The SMILES string of the molecule is O=[S@@]1CCCCc2nc(N3C4C=C(c5ncc(Cl)cn5)CC3CC4)nc(NC3(CO)CCC3)c21. The molecule has 3 aliphatic heterocycles. The van der Waals surface area contributed by atoms with E-state index in [2.05, 4.69) is 26.3 Å². The van der Waals surface area contributed by atoms with Crippen molar-refractivity contribution >= 4 is 39.7 Å². The van der Waals surface area contributed by atoms with E-state index in [4.69, 9.17) is 21.6 Å². The summed E-state index contributed by atoms with van der Waals surface area (Å²) in [7, 11) is -1.13. The van der Waals surface area contributed by atoms with Gasteiger partial charge in [-0.3, -0.25) is 4.21 Å². The second-order valence-corrected chi connectivity index (χ2v) is 11.8. The summed E-state index contributed by atoms with van der Waals surface area (Å²) in [5, 5.41) is 14.1. The highest BCUT2D eigenvalue weighted by Crippen LogP contribution is 2.42. The quantitative estimate of drug-likeness (QED) is 0.642. The molecule has 0 radical (unpaired) electrons. The molecule has 0 amide bonds. The van der Waals surface area contributed by atoms with Crippen molar-refractivity contribution < 1.29 is 9.32 Å². The van der Waals surface area contributed by atoms with Gasteiger partial charge in [0.05, 0.1) is 39.7 Å². The Labute approximate surface area is 206 Å². The molecule has 2 fully saturated rings. The van der Waals surface area contributed by atoms with E-state index in [1.165, 1.54) is 0 Å². The van der Waals surface area contributed by atoms with Crippen molar-refractivity contribution in [3.05, 3.63) is 35.0 Å². The van der Waals surface area contributed by atoms with Gasteiger partial charge in [0.2, 0.25) is 5.95 Å². The molecule has 2 aromatic rings. The molecule has 1 aliphatic carbocycles. The third kappa shape index (κ3) is 3.91. The van der Waals surface area contributed by atoms with Crippen LogP contribution in [0.2, 0.25) is 5.02 Å². The summed E-state index contributed by atoms with van der Waals surface area (Å²) >= 11 is 5.98. The predicted molar refractivity (Wildman–Crippen MR) is 132 cm³/mol. The molecule has 180 valence electrons. The lowest BCUT2D eigenvalue weighted by Gasteiger charge is -2.42. The predicted octanol–water partition coefficient (Wildman–Crippen LogP) is 3.52. The standard InChI is InChI=1S/C24H29ClN6O2S/c25-16-12-26-21(27-13-16)15-10-17-5-6-18(11-15)31(17)23-28-19-4-1-2-9-34(33)20(19)22(29-23)30-24(14-32)7-3-8-24/h10,12-13,17-18,32H,1-9,11,14H2,(H,28,29,30)/t17?,18?,34-/m1/s1. The number of aryl methyl sites for hydroxylation is 1. The molecule has 2 aromatic heterocycles. The summed E-state index contributed by atoms with van der Waals surface area (Å²) in [6.07, 6.45) is 14.0. The smallest absolute Gasteiger partial charge is 0.228 e. The number of nitrogens with one attached hydrogen (secondary N) is 1. The van der Waals surface area contributed by atoms with E-state index >= 15 is 0 Å². The molecule has 0 spiro atoms. The first-order chi connectivity index (χ1) is 16.5. The Morgan fingerprint density at radius 1 is 1.18 bits per heavy atom. The molecule has 8 nitrogen and oxygen atoms in total. The van der Waals surface area contributed by atoms with Crippen LogP contribution in [0.25, 0.3) is 5.57 Å². The van der Waals surface area contributed by atoms with E-state index in [-0.39, 0.29) is 24.2 Å². The second-order valence-electron chi connectivity index (χ2n) is 9.90. The fourth-order valence-corrected chi connectivity index (χ4v) is 7.17.